The number of aromatic nitrogens is 1. The third kappa shape index (κ3) is 4.49. The van der Waals surface area contributed by atoms with Crippen molar-refractivity contribution < 1.29 is 27.5 Å². The van der Waals surface area contributed by atoms with Crippen LogP contribution in [-0.4, -0.2) is 22.5 Å². The second-order valence-electron chi connectivity index (χ2n) is 7.53. The minimum Gasteiger partial charge on any atom is -0.445 e. The van der Waals surface area contributed by atoms with E-state index in [1.807, 2.05) is 0 Å². The molecule has 1 aliphatic heterocycles. The molecule has 2 heterocycles. The number of nitrogens with zero attached hydrogens (tertiary/aromatic N) is 1. The summed E-state index contributed by atoms with van der Waals surface area (Å²) in [6, 6.07) is 10.6. The molecule has 1 atom stereocenters. The fourth-order valence-corrected chi connectivity index (χ4v) is 4.50. The lowest BCUT2D eigenvalue weighted by Crippen LogP contribution is -2.48. The number of amides is 1. The standard InChI is InChI=1S/C22H16ClF3N2O3S/c1-21(10-13-4-2-3-5-15(13)18(29)31-21)19(30)28-20-27-11-14(32-20)8-12-6-7-17(23)16(9-12)22(24,25)26/h2-7,9,11H,8,10H2,1H3,(H,27,28,30). The number of esters is 1. The highest BCUT2D eigenvalue weighted by molar-refractivity contribution is 7.15. The van der Waals surface area contributed by atoms with E-state index in [1.54, 1.807) is 24.3 Å². The first-order chi connectivity index (χ1) is 15.0. The van der Waals surface area contributed by atoms with Crippen molar-refractivity contribution in [1.29, 1.82) is 0 Å². The first-order valence-corrected chi connectivity index (χ1v) is 10.7. The van der Waals surface area contributed by atoms with Gasteiger partial charge >= 0.3 is 12.1 Å². The number of carbonyl (C=O) groups is 2. The van der Waals surface area contributed by atoms with Crippen molar-refractivity contribution in [3.05, 3.63) is 80.8 Å². The molecular formula is C22H16ClF3N2O3S. The van der Waals surface area contributed by atoms with Crippen LogP contribution in [0.2, 0.25) is 5.02 Å². The van der Waals surface area contributed by atoms with Crippen LogP contribution in [0.15, 0.2) is 48.7 Å². The lowest BCUT2D eigenvalue weighted by atomic mass is 9.89. The Hall–Kier alpha value is -2.91. The highest BCUT2D eigenvalue weighted by Crippen LogP contribution is 2.36. The van der Waals surface area contributed by atoms with E-state index in [0.717, 1.165) is 17.4 Å². The number of fused-ring (bicyclic) bond motifs is 1. The maximum absolute atomic E-state index is 13.1. The number of alkyl halides is 3. The van der Waals surface area contributed by atoms with Crippen LogP contribution in [0.1, 0.15) is 38.8 Å². The molecule has 10 heteroatoms. The molecule has 0 saturated heterocycles. The summed E-state index contributed by atoms with van der Waals surface area (Å²) in [7, 11) is 0. The number of anilines is 1. The Morgan fingerprint density at radius 2 is 2.03 bits per heavy atom. The molecule has 32 heavy (non-hydrogen) atoms. The van der Waals surface area contributed by atoms with E-state index in [0.29, 0.717) is 21.6 Å². The molecule has 2 aromatic carbocycles. The number of rotatable bonds is 4. The monoisotopic (exact) mass is 480 g/mol. The summed E-state index contributed by atoms with van der Waals surface area (Å²) in [6.45, 7) is 1.52. The SMILES string of the molecule is CC1(C(=O)Nc2ncc(Cc3ccc(Cl)c(C(F)(F)F)c3)s2)Cc2ccccc2C(=O)O1. The minimum atomic E-state index is -4.55. The van der Waals surface area contributed by atoms with Gasteiger partial charge < -0.3 is 4.74 Å². The van der Waals surface area contributed by atoms with Gasteiger partial charge in [-0.1, -0.05) is 35.9 Å². The maximum Gasteiger partial charge on any atom is 0.417 e. The number of hydrogen-bond donors (Lipinski definition) is 1. The van der Waals surface area contributed by atoms with Crippen LogP contribution in [0.5, 0.6) is 0 Å². The van der Waals surface area contributed by atoms with Crippen molar-refractivity contribution in [2.75, 3.05) is 5.32 Å². The highest BCUT2D eigenvalue weighted by Gasteiger charge is 2.43. The molecule has 1 N–H and O–H groups in total. The second-order valence-corrected chi connectivity index (χ2v) is 9.05. The van der Waals surface area contributed by atoms with Gasteiger partial charge in [0.2, 0.25) is 0 Å². The molecule has 3 aromatic rings. The van der Waals surface area contributed by atoms with Gasteiger partial charge in [-0.05, 0) is 36.2 Å². The molecule has 4 rings (SSSR count). The number of benzene rings is 2. The van der Waals surface area contributed by atoms with Crippen molar-refractivity contribution in [3.8, 4) is 0 Å². The van der Waals surface area contributed by atoms with E-state index in [1.165, 1.54) is 25.3 Å². The number of ether oxygens (including phenoxy) is 1. The topological polar surface area (TPSA) is 68.3 Å². The zero-order valence-electron chi connectivity index (χ0n) is 16.6. The van der Waals surface area contributed by atoms with Gasteiger partial charge in [0.05, 0.1) is 16.1 Å². The summed E-state index contributed by atoms with van der Waals surface area (Å²) < 4.78 is 44.6. The first kappa shape index (κ1) is 22.3. The van der Waals surface area contributed by atoms with Crippen LogP contribution < -0.4 is 5.32 Å². The van der Waals surface area contributed by atoms with Gasteiger partial charge in [0.15, 0.2) is 10.7 Å². The van der Waals surface area contributed by atoms with Crippen molar-refractivity contribution >= 4 is 39.9 Å². The quantitative estimate of drug-likeness (QED) is 0.499. The van der Waals surface area contributed by atoms with Crippen LogP contribution in [-0.2, 0) is 28.5 Å². The molecule has 1 unspecified atom stereocenters. The van der Waals surface area contributed by atoms with Gasteiger partial charge in [-0.25, -0.2) is 9.78 Å². The van der Waals surface area contributed by atoms with Crippen molar-refractivity contribution in [3.63, 3.8) is 0 Å². The molecular weight excluding hydrogens is 465 g/mol. The number of hydrogen-bond acceptors (Lipinski definition) is 5. The Morgan fingerprint density at radius 1 is 1.28 bits per heavy atom. The van der Waals surface area contributed by atoms with Crippen LogP contribution in [0.3, 0.4) is 0 Å². The van der Waals surface area contributed by atoms with E-state index in [2.05, 4.69) is 10.3 Å². The summed E-state index contributed by atoms with van der Waals surface area (Å²) in [5, 5.41) is 2.53. The van der Waals surface area contributed by atoms with E-state index in [4.69, 9.17) is 16.3 Å². The first-order valence-electron chi connectivity index (χ1n) is 9.48. The second kappa shape index (κ2) is 8.22. The zero-order valence-corrected chi connectivity index (χ0v) is 18.2. The van der Waals surface area contributed by atoms with Crippen LogP contribution in [0, 0.1) is 0 Å². The summed E-state index contributed by atoms with van der Waals surface area (Å²) in [6.07, 6.45) is -2.67. The molecule has 0 bridgehead atoms. The molecule has 166 valence electrons. The summed E-state index contributed by atoms with van der Waals surface area (Å²) in [4.78, 5) is 29.9. The fraction of sp³-hybridized carbons (Fsp3) is 0.227. The van der Waals surface area contributed by atoms with E-state index in [-0.39, 0.29) is 23.0 Å². The molecule has 1 aromatic heterocycles. The Kier molecular flexibility index (Phi) is 5.72. The number of nitrogens with one attached hydrogen (secondary N) is 1. The third-order valence-corrected chi connectivity index (χ3v) is 6.29. The number of cyclic esters (lactones) is 1. The van der Waals surface area contributed by atoms with Crippen molar-refractivity contribution in [1.82, 2.24) is 4.98 Å². The summed E-state index contributed by atoms with van der Waals surface area (Å²) in [5.41, 5.74) is -0.760. The van der Waals surface area contributed by atoms with Crippen LogP contribution in [0.25, 0.3) is 0 Å². The van der Waals surface area contributed by atoms with Crippen molar-refractivity contribution in [2.24, 2.45) is 0 Å². The Balaban J connectivity index is 1.47. The zero-order chi connectivity index (χ0) is 23.1. The van der Waals surface area contributed by atoms with Crippen LogP contribution in [0.4, 0.5) is 18.3 Å². The van der Waals surface area contributed by atoms with Gasteiger partial charge in [-0.2, -0.15) is 13.2 Å². The number of thiazole rings is 1. The summed E-state index contributed by atoms with van der Waals surface area (Å²) >= 11 is 6.79. The predicted molar refractivity (Wildman–Crippen MR) is 114 cm³/mol. The van der Waals surface area contributed by atoms with Gasteiger partial charge in [-0.3, -0.25) is 10.1 Å². The van der Waals surface area contributed by atoms with Gasteiger partial charge in [0.1, 0.15) is 0 Å². The van der Waals surface area contributed by atoms with Gasteiger partial charge in [-0.15, -0.1) is 11.3 Å². The smallest absolute Gasteiger partial charge is 0.417 e. The third-order valence-electron chi connectivity index (χ3n) is 5.05. The molecule has 0 spiro atoms. The highest BCUT2D eigenvalue weighted by atomic mass is 35.5. The predicted octanol–water partition coefficient (Wildman–Crippen LogP) is 5.52. The lowest BCUT2D eigenvalue weighted by molar-refractivity contribution is -0.137. The number of halogens is 4. The van der Waals surface area contributed by atoms with E-state index < -0.39 is 29.2 Å². The Morgan fingerprint density at radius 3 is 2.78 bits per heavy atom. The van der Waals surface area contributed by atoms with Crippen molar-refractivity contribution in [2.45, 2.75) is 31.5 Å². The maximum atomic E-state index is 13.1. The van der Waals surface area contributed by atoms with E-state index in [9.17, 15) is 22.8 Å². The molecule has 1 amide bonds. The summed E-state index contributed by atoms with van der Waals surface area (Å²) in [5.74, 6) is -1.11. The Labute approximate surface area is 190 Å². The van der Waals surface area contributed by atoms with E-state index >= 15 is 0 Å². The average molecular weight is 481 g/mol. The lowest BCUT2D eigenvalue weighted by Gasteiger charge is -2.32. The largest absolute Gasteiger partial charge is 0.445 e. The molecule has 0 aliphatic carbocycles. The number of carbonyl (C=O) groups excluding carboxylic acids is 2. The molecule has 1 aliphatic rings. The fourth-order valence-electron chi connectivity index (χ4n) is 3.44. The molecule has 5 nitrogen and oxygen atoms in total. The van der Waals surface area contributed by atoms with Gasteiger partial charge in [0.25, 0.3) is 5.91 Å². The normalized spacial score (nSPS) is 18.1. The minimum absolute atomic E-state index is 0.188. The molecule has 0 radical (unpaired) electrons. The van der Waals surface area contributed by atoms with Gasteiger partial charge in [0, 0.05) is 23.9 Å². The molecule has 0 saturated carbocycles. The Bertz CT molecular complexity index is 1210. The van der Waals surface area contributed by atoms with Crippen LogP contribution >= 0.6 is 22.9 Å². The molecule has 0 fully saturated rings. The average Bonchev–Trinajstić information content (AvgIpc) is 3.15.